The maximum atomic E-state index is 12.9. The normalized spacial score (nSPS) is 24.8. The van der Waals surface area contributed by atoms with Crippen molar-refractivity contribution < 1.29 is 19.8 Å². The van der Waals surface area contributed by atoms with Gasteiger partial charge in [0, 0.05) is 16.0 Å². The molecular formula is C20H31IN2O4. The highest BCUT2D eigenvalue weighted by atomic mass is 127. The Balaban J connectivity index is 2.16. The molecule has 0 aliphatic carbocycles. The number of hydroxylamine groups is 2. The molecule has 152 valence electrons. The number of rotatable bonds is 7. The number of hydrogen-bond acceptors (Lipinski definition) is 5. The van der Waals surface area contributed by atoms with Crippen molar-refractivity contribution in [3.05, 3.63) is 33.4 Å². The van der Waals surface area contributed by atoms with Crippen LogP contribution in [-0.4, -0.2) is 52.6 Å². The monoisotopic (exact) mass is 490 g/mol. The number of aliphatic hydroxyl groups excluding tert-OH is 2. The third-order valence-corrected chi connectivity index (χ3v) is 5.53. The Morgan fingerprint density at radius 1 is 1.33 bits per heavy atom. The highest BCUT2D eigenvalue weighted by molar-refractivity contribution is 14.1. The summed E-state index contributed by atoms with van der Waals surface area (Å²) in [5.41, 5.74) is 1.13. The van der Waals surface area contributed by atoms with E-state index in [9.17, 15) is 15.0 Å². The summed E-state index contributed by atoms with van der Waals surface area (Å²) < 4.78 is 1.13. The van der Waals surface area contributed by atoms with Crippen LogP contribution in [0.4, 0.5) is 0 Å². The SMILES string of the molecule is C[C@@H](O)[C@H]1[C@@H](CO)ON(Cc2ccc(I)cc2)[C@H]1C(=O)NCCC(C)(C)C. The first-order chi connectivity index (χ1) is 12.6. The fraction of sp³-hybridized carbons (Fsp3) is 0.650. The van der Waals surface area contributed by atoms with Gasteiger partial charge in [0.05, 0.1) is 19.3 Å². The molecule has 1 aromatic carbocycles. The molecule has 1 fully saturated rings. The second kappa shape index (κ2) is 9.65. The van der Waals surface area contributed by atoms with E-state index in [2.05, 4.69) is 48.7 Å². The van der Waals surface area contributed by atoms with Crippen molar-refractivity contribution in [3.63, 3.8) is 0 Å². The van der Waals surface area contributed by atoms with Crippen molar-refractivity contribution in [2.45, 2.75) is 58.9 Å². The third kappa shape index (κ3) is 6.39. The zero-order chi connectivity index (χ0) is 20.2. The van der Waals surface area contributed by atoms with Crippen LogP contribution in [0.3, 0.4) is 0 Å². The van der Waals surface area contributed by atoms with Gasteiger partial charge in [0.15, 0.2) is 0 Å². The molecule has 1 saturated heterocycles. The molecule has 1 amide bonds. The van der Waals surface area contributed by atoms with Gasteiger partial charge in [0.2, 0.25) is 5.91 Å². The smallest absolute Gasteiger partial charge is 0.240 e. The third-order valence-electron chi connectivity index (χ3n) is 4.81. The van der Waals surface area contributed by atoms with Crippen molar-refractivity contribution >= 4 is 28.5 Å². The standard InChI is InChI=1S/C20H31IN2O4/c1-13(25)17-16(12-24)27-23(11-14-5-7-15(21)8-6-14)18(17)19(26)22-10-9-20(2,3)4/h5-8,13,16-18,24-25H,9-12H2,1-4H3,(H,22,26)/t13-,16-,17+,18-/m1/s1. The molecule has 0 bridgehead atoms. The second-order valence-electron chi connectivity index (χ2n) is 8.39. The summed E-state index contributed by atoms with van der Waals surface area (Å²) in [6.45, 7) is 8.75. The Labute approximate surface area is 175 Å². The number of amides is 1. The highest BCUT2D eigenvalue weighted by Crippen LogP contribution is 2.32. The average Bonchev–Trinajstić information content (AvgIpc) is 2.94. The van der Waals surface area contributed by atoms with E-state index in [-0.39, 0.29) is 17.9 Å². The lowest BCUT2D eigenvalue weighted by Crippen LogP contribution is -2.49. The Hall–Kier alpha value is -0.740. The summed E-state index contributed by atoms with van der Waals surface area (Å²) in [6, 6.07) is 7.33. The lowest BCUT2D eigenvalue weighted by molar-refractivity contribution is -0.181. The number of carbonyl (C=O) groups excluding carboxylic acids is 1. The molecule has 4 atom stereocenters. The molecule has 1 aromatic rings. The predicted octanol–water partition coefficient (Wildman–Crippen LogP) is 2.32. The number of carbonyl (C=O) groups is 1. The van der Waals surface area contributed by atoms with Gasteiger partial charge >= 0.3 is 0 Å². The van der Waals surface area contributed by atoms with Crippen LogP contribution in [0.15, 0.2) is 24.3 Å². The van der Waals surface area contributed by atoms with E-state index in [0.29, 0.717) is 13.1 Å². The van der Waals surface area contributed by atoms with Gasteiger partial charge in [-0.25, -0.2) is 0 Å². The zero-order valence-corrected chi connectivity index (χ0v) is 18.6. The first-order valence-corrected chi connectivity index (χ1v) is 10.4. The van der Waals surface area contributed by atoms with Gasteiger partial charge in [-0.15, -0.1) is 0 Å². The first-order valence-electron chi connectivity index (χ1n) is 9.37. The minimum atomic E-state index is -0.776. The molecule has 27 heavy (non-hydrogen) atoms. The van der Waals surface area contributed by atoms with Crippen LogP contribution >= 0.6 is 22.6 Å². The molecule has 0 spiro atoms. The van der Waals surface area contributed by atoms with Crippen molar-refractivity contribution in [2.24, 2.45) is 11.3 Å². The summed E-state index contributed by atoms with van der Waals surface area (Å²) >= 11 is 2.24. The van der Waals surface area contributed by atoms with E-state index < -0.39 is 24.2 Å². The molecule has 0 saturated carbocycles. The van der Waals surface area contributed by atoms with Gasteiger partial charge in [-0.1, -0.05) is 32.9 Å². The van der Waals surface area contributed by atoms with E-state index in [1.54, 1.807) is 12.0 Å². The molecular weight excluding hydrogens is 459 g/mol. The summed E-state index contributed by atoms with van der Waals surface area (Å²) in [4.78, 5) is 18.8. The maximum absolute atomic E-state index is 12.9. The maximum Gasteiger partial charge on any atom is 0.240 e. The number of benzene rings is 1. The van der Waals surface area contributed by atoms with Gasteiger partial charge < -0.3 is 15.5 Å². The van der Waals surface area contributed by atoms with E-state index in [1.165, 1.54) is 0 Å². The summed E-state index contributed by atoms with van der Waals surface area (Å²) in [5, 5.41) is 24.5. The molecule has 1 heterocycles. The first kappa shape index (κ1) is 22.5. The lowest BCUT2D eigenvalue weighted by atomic mass is 9.89. The summed E-state index contributed by atoms with van der Waals surface area (Å²) in [7, 11) is 0. The molecule has 0 radical (unpaired) electrons. The van der Waals surface area contributed by atoms with Crippen LogP contribution in [0.25, 0.3) is 0 Å². The number of nitrogens with one attached hydrogen (secondary N) is 1. The van der Waals surface area contributed by atoms with Gasteiger partial charge in [0.25, 0.3) is 0 Å². The van der Waals surface area contributed by atoms with Gasteiger partial charge in [-0.2, -0.15) is 5.06 Å². The van der Waals surface area contributed by atoms with E-state index in [0.717, 1.165) is 15.6 Å². The fourth-order valence-corrected chi connectivity index (χ4v) is 3.67. The van der Waals surface area contributed by atoms with Crippen molar-refractivity contribution in [1.29, 1.82) is 0 Å². The Bertz CT molecular complexity index is 615. The average molecular weight is 490 g/mol. The van der Waals surface area contributed by atoms with Gasteiger partial charge in [0.1, 0.15) is 12.1 Å². The van der Waals surface area contributed by atoms with Crippen LogP contribution < -0.4 is 5.32 Å². The minimum Gasteiger partial charge on any atom is -0.394 e. The molecule has 2 rings (SSSR count). The van der Waals surface area contributed by atoms with E-state index in [1.807, 2.05) is 24.3 Å². The van der Waals surface area contributed by atoms with E-state index >= 15 is 0 Å². The summed E-state index contributed by atoms with van der Waals surface area (Å²) in [5.74, 6) is -0.667. The van der Waals surface area contributed by atoms with Crippen LogP contribution in [-0.2, 0) is 16.2 Å². The number of hydrogen-bond donors (Lipinski definition) is 3. The Morgan fingerprint density at radius 2 is 1.96 bits per heavy atom. The van der Waals surface area contributed by atoms with Crippen molar-refractivity contribution in [3.8, 4) is 0 Å². The van der Waals surface area contributed by atoms with Crippen LogP contribution in [0.2, 0.25) is 0 Å². The Morgan fingerprint density at radius 3 is 2.48 bits per heavy atom. The molecule has 3 N–H and O–H groups in total. The van der Waals surface area contributed by atoms with Crippen LogP contribution in [0.1, 0.15) is 39.7 Å². The van der Waals surface area contributed by atoms with Crippen LogP contribution in [0.5, 0.6) is 0 Å². The van der Waals surface area contributed by atoms with Crippen molar-refractivity contribution in [1.82, 2.24) is 10.4 Å². The molecule has 0 aromatic heterocycles. The van der Waals surface area contributed by atoms with E-state index in [4.69, 9.17) is 4.84 Å². The molecule has 6 nitrogen and oxygen atoms in total. The molecule has 1 aliphatic rings. The zero-order valence-electron chi connectivity index (χ0n) is 16.5. The fourth-order valence-electron chi connectivity index (χ4n) is 3.31. The topological polar surface area (TPSA) is 82.0 Å². The van der Waals surface area contributed by atoms with Crippen molar-refractivity contribution in [2.75, 3.05) is 13.2 Å². The largest absolute Gasteiger partial charge is 0.394 e. The minimum absolute atomic E-state index is 0.123. The molecule has 0 unspecified atom stereocenters. The second-order valence-corrected chi connectivity index (χ2v) is 9.64. The van der Waals surface area contributed by atoms with Gasteiger partial charge in [-0.05, 0) is 59.0 Å². The number of aliphatic hydroxyl groups is 2. The highest BCUT2D eigenvalue weighted by Gasteiger charge is 2.49. The number of halogens is 1. The summed E-state index contributed by atoms with van der Waals surface area (Å²) in [6.07, 6.45) is -0.527. The van der Waals surface area contributed by atoms with Crippen LogP contribution in [0, 0.1) is 14.9 Å². The Kier molecular flexibility index (Phi) is 8.05. The molecule has 1 aliphatic heterocycles. The number of nitrogens with zero attached hydrogens (tertiary/aromatic N) is 1. The quantitative estimate of drug-likeness (QED) is 0.512. The van der Waals surface area contributed by atoms with Gasteiger partial charge in [-0.3, -0.25) is 9.63 Å². The predicted molar refractivity (Wildman–Crippen MR) is 113 cm³/mol. The lowest BCUT2D eigenvalue weighted by Gasteiger charge is -2.27. The molecule has 7 heteroatoms.